The number of halogens is 1. The van der Waals surface area contributed by atoms with Crippen molar-refractivity contribution in [3.05, 3.63) is 59.1 Å². The number of nitrogens with zero attached hydrogens (tertiary/aromatic N) is 5. The molecule has 0 N–H and O–H groups in total. The first-order valence-corrected chi connectivity index (χ1v) is 10.3. The molecule has 3 aliphatic rings. The van der Waals surface area contributed by atoms with E-state index in [4.69, 9.17) is 16.3 Å². The number of aliphatic imine (C=N–C) groups is 1. The molecule has 0 aromatic heterocycles. The average molecular weight is 439 g/mol. The number of amidine groups is 1. The Balaban J connectivity index is 1.33. The second kappa shape index (κ2) is 7.39. The summed E-state index contributed by atoms with van der Waals surface area (Å²) in [5, 5.41) is 0.699. The maximum atomic E-state index is 12.7. The predicted molar refractivity (Wildman–Crippen MR) is 117 cm³/mol. The molecule has 1 fully saturated rings. The van der Waals surface area contributed by atoms with Gasteiger partial charge in [-0.3, -0.25) is 14.6 Å². The lowest BCUT2D eigenvalue weighted by Crippen LogP contribution is -2.61. The Labute approximate surface area is 184 Å². The zero-order chi connectivity index (χ0) is 21.7. The van der Waals surface area contributed by atoms with Crippen LogP contribution >= 0.6 is 11.6 Å². The minimum atomic E-state index is -0.547. The first-order chi connectivity index (χ1) is 14.9. The first-order valence-electron chi connectivity index (χ1n) is 9.96. The van der Waals surface area contributed by atoms with E-state index in [0.29, 0.717) is 36.5 Å². The highest BCUT2D eigenvalue weighted by molar-refractivity contribution is 6.30. The number of hydrogen-bond acceptors (Lipinski definition) is 5. The highest BCUT2D eigenvalue weighted by atomic mass is 35.5. The first kappa shape index (κ1) is 19.6. The lowest BCUT2D eigenvalue weighted by atomic mass is 10.1. The van der Waals surface area contributed by atoms with E-state index < -0.39 is 6.04 Å². The van der Waals surface area contributed by atoms with Gasteiger partial charge in [0.15, 0.2) is 0 Å². The van der Waals surface area contributed by atoms with Crippen LogP contribution in [-0.2, 0) is 11.4 Å². The molecule has 158 valence electrons. The number of carbonyl (C=O) groups is 2. The van der Waals surface area contributed by atoms with Crippen LogP contribution in [0.25, 0.3) is 0 Å². The third-order valence-corrected chi connectivity index (χ3v) is 6.03. The standard InChI is InChI=1S/C22H21ClN5O3/c1-25-19-18(20(29)26(2)22(25)30)28-12-11-27(21(28)24-19)16-7-9-17(10-8-16)31-13-14-3-5-15(23)6-4-14/h3-10,18H,11-13H2,1-2H3/q+1. The van der Waals surface area contributed by atoms with Gasteiger partial charge >= 0.3 is 12.0 Å². The summed E-state index contributed by atoms with van der Waals surface area (Å²) in [6, 6.07) is 14.4. The Kier molecular flexibility index (Phi) is 4.66. The van der Waals surface area contributed by atoms with E-state index in [1.807, 2.05) is 53.1 Å². The number of guanidine groups is 1. The number of fused-ring (bicyclic) bond motifs is 2. The van der Waals surface area contributed by atoms with Gasteiger partial charge in [0.05, 0.1) is 6.54 Å². The molecule has 1 unspecified atom stereocenters. The van der Waals surface area contributed by atoms with E-state index in [1.165, 1.54) is 11.9 Å². The second-order valence-electron chi connectivity index (χ2n) is 7.67. The van der Waals surface area contributed by atoms with Crippen LogP contribution in [0.2, 0.25) is 5.02 Å². The van der Waals surface area contributed by atoms with Crippen molar-refractivity contribution in [3.8, 4) is 5.75 Å². The Morgan fingerprint density at radius 2 is 1.77 bits per heavy atom. The molecule has 3 aliphatic heterocycles. The third kappa shape index (κ3) is 3.23. The van der Waals surface area contributed by atoms with E-state index in [-0.39, 0.29) is 11.9 Å². The normalized spacial score (nSPS) is 20.3. The maximum Gasteiger partial charge on any atom is 0.397 e. The molecule has 9 heteroatoms. The summed E-state index contributed by atoms with van der Waals surface area (Å²) in [4.78, 5) is 34.3. The molecule has 1 atom stereocenters. The summed E-state index contributed by atoms with van der Waals surface area (Å²) in [5.41, 5.74) is 1.99. The Morgan fingerprint density at radius 1 is 1.06 bits per heavy atom. The molecule has 2 aromatic carbocycles. The minimum Gasteiger partial charge on any atom is -0.489 e. The lowest BCUT2D eigenvalue weighted by molar-refractivity contribution is -0.525. The van der Waals surface area contributed by atoms with E-state index in [0.717, 1.165) is 21.9 Å². The third-order valence-electron chi connectivity index (χ3n) is 5.78. The van der Waals surface area contributed by atoms with Crippen molar-refractivity contribution in [2.75, 3.05) is 32.1 Å². The van der Waals surface area contributed by atoms with Gasteiger partial charge in [-0.2, -0.15) is 0 Å². The van der Waals surface area contributed by atoms with Crippen molar-refractivity contribution in [2.45, 2.75) is 12.6 Å². The molecular formula is C22H21ClN5O3+. The molecule has 3 heterocycles. The molecule has 0 bridgehead atoms. The number of rotatable bonds is 4. The fourth-order valence-electron chi connectivity index (χ4n) is 4.05. The van der Waals surface area contributed by atoms with Crippen LogP contribution in [0.1, 0.15) is 5.56 Å². The highest BCUT2D eigenvalue weighted by Crippen LogP contribution is 2.28. The smallest absolute Gasteiger partial charge is 0.397 e. The van der Waals surface area contributed by atoms with Crippen molar-refractivity contribution in [3.63, 3.8) is 0 Å². The van der Waals surface area contributed by atoms with Gasteiger partial charge in [-0.05, 0) is 42.0 Å². The molecule has 0 radical (unpaired) electrons. The summed E-state index contributed by atoms with van der Waals surface area (Å²) in [6.45, 7) is 1.82. The minimum absolute atomic E-state index is 0.246. The van der Waals surface area contributed by atoms with Gasteiger partial charge in [0, 0.05) is 19.1 Å². The summed E-state index contributed by atoms with van der Waals surface area (Å²) >= 11 is 5.92. The average Bonchev–Trinajstić information content (AvgIpc) is 3.36. The van der Waals surface area contributed by atoms with Crippen LogP contribution in [0.3, 0.4) is 0 Å². The van der Waals surface area contributed by atoms with Gasteiger partial charge < -0.3 is 4.74 Å². The lowest BCUT2D eigenvalue weighted by Gasteiger charge is -2.31. The summed E-state index contributed by atoms with van der Waals surface area (Å²) < 4.78 is 7.82. The predicted octanol–water partition coefficient (Wildman–Crippen LogP) is 2.41. The monoisotopic (exact) mass is 438 g/mol. The Hall–Kier alpha value is -3.39. The molecule has 31 heavy (non-hydrogen) atoms. The van der Waals surface area contributed by atoms with Gasteiger partial charge in [0.25, 0.3) is 5.91 Å². The molecule has 0 aliphatic carbocycles. The molecule has 0 spiro atoms. The molecular weight excluding hydrogens is 418 g/mol. The number of benzene rings is 2. The van der Waals surface area contributed by atoms with Gasteiger partial charge in [-0.25, -0.2) is 14.3 Å². The number of likely N-dealkylation sites (N-methyl/N-ethyl adjacent to an activating group) is 2. The molecule has 8 nitrogen and oxygen atoms in total. The number of anilines is 1. The van der Waals surface area contributed by atoms with Gasteiger partial charge in [0.1, 0.15) is 24.6 Å². The molecule has 0 saturated carbocycles. The van der Waals surface area contributed by atoms with E-state index in [1.54, 1.807) is 7.05 Å². The van der Waals surface area contributed by atoms with Crippen molar-refractivity contribution < 1.29 is 18.9 Å². The maximum absolute atomic E-state index is 12.7. The molecule has 1 saturated heterocycles. The summed E-state index contributed by atoms with van der Waals surface area (Å²) in [5.74, 6) is 1.69. The van der Waals surface area contributed by atoms with Crippen molar-refractivity contribution in [2.24, 2.45) is 4.99 Å². The topological polar surface area (TPSA) is 68.5 Å². The highest BCUT2D eigenvalue weighted by Gasteiger charge is 2.54. The van der Waals surface area contributed by atoms with Crippen molar-refractivity contribution >= 4 is 41.0 Å². The van der Waals surface area contributed by atoms with E-state index in [9.17, 15) is 9.59 Å². The summed E-state index contributed by atoms with van der Waals surface area (Å²) in [6.07, 6.45) is 0. The van der Waals surface area contributed by atoms with Crippen LogP contribution in [0.4, 0.5) is 10.5 Å². The number of amides is 3. The quantitative estimate of drug-likeness (QED) is 0.687. The largest absolute Gasteiger partial charge is 0.489 e. The van der Waals surface area contributed by atoms with Gasteiger partial charge in [0.2, 0.25) is 11.9 Å². The van der Waals surface area contributed by atoms with Crippen LogP contribution < -0.4 is 9.64 Å². The fourth-order valence-corrected chi connectivity index (χ4v) is 4.18. The van der Waals surface area contributed by atoms with E-state index >= 15 is 0 Å². The van der Waals surface area contributed by atoms with Crippen LogP contribution in [0, 0.1) is 0 Å². The number of carbonyl (C=O) groups excluding carboxylic acids is 2. The van der Waals surface area contributed by atoms with Gasteiger partial charge in [-0.1, -0.05) is 28.7 Å². The van der Waals surface area contributed by atoms with Crippen LogP contribution in [-0.4, -0.2) is 71.3 Å². The fraction of sp³-hybridized carbons (Fsp3) is 0.273. The SMILES string of the molecule is CN1C(=O)C2C(=NC3=[N+]2CCN3c2ccc(OCc3ccc(Cl)cc3)cc2)N(C)C1=O. The number of urea groups is 1. The van der Waals surface area contributed by atoms with Crippen molar-refractivity contribution in [1.29, 1.82) is 0 Å². The zero-order valence-corrected chi connectivity index (χ0v) is 17.9. The molecule has 3 amide bonds. The van der Waals surface area contributed by atoms with Crippen molar-refractivity contribution in [1.82, 2.24) is 9.80 Å². The number of hydrogen-bond donors (Lipinski definition) is 0. The molecule has 5 rings (SSSR count). The zero-order valence-electron chi connectivity index (χ0n) is 17.2. The molecule has 2 aromatic rings. The number of imide groups is 1. The Morgan fingerprint density at radius 3 is 2.48 bits per heavy atom. The van der Waals surface area contributed by atoms with E-state index in [2.05, 4.69) is 9.89 Å². The van der Waals surface area contributed by atoms with Crippen LogP contribution in [0.5, 0.6) is 5.75 Å². The van der Waals surface area contributed by atoms with Gasteiger partial charge in [-0.15, -0.1) is 0 Å². The second-order valence-corrected chi connectivity index (χ2v) is 8.10. The summed E-state index contributed by atoms with van der Waals surface area (Å²) in [7, 11) is 3.16. The Bertz CT molecular complexity index is 1130. The van der Waals surface area contributed by atoms with Crippen LogP contribution in [0.15, 0.2) is 53.5 Å². The number of ether oxygens (including phenoxy) is 1.